The van der Waals surface area contributed by atoms with Crippen molar-refractivity contribution in [3.8, 4) is 5.06 Å². The molecule has 1 aliphatic rings. The molecule has 0 bridgehead atoms. The average molecular weight is 369 g/mol. The molecule has 3 heterocycles. The molecule has 3 aromatic rings. The highest BCUT2D eigenvalue weighted by molar-refractivity contribution is 7.11. The fraction of sp³-hybridized carbons (Fsp3) is 0.176. The van der Waals surface area contributed by atoms with Crippen LogP contribution in [0.25, 0.3) is 0 Å². The Hall–Kier alpha value is -3.20. The Labute approximate surface area is 151 Å². The normalized spacial score (nSPS) is 16.3. The number of fused-ring (bicyclic) bond motifs is 1. The van der Waals surface area contributed by atoms with Crippen molar-refractivity contribution in [2.75, 3.05) is 5.32 Å². The number of benzene rings is 1. The molecule has 2 aromatic heterocycles. The van der Waals surface area contributed by atoms with Crippen molar-refractivity contribution in [3.05, 3.63) is 67.8 Å². The van der Waals surface area contributed by atoms with E-state index in [0.717, 1.165) is 11.3 Å². The van der Waals surface area contributed by atoms with Gasteiger partial charge in [0.25, 0.3) is 5.56 Å². The van der Waals surface area contributed by atoms with Crippen molar-refractivity contribution < 1.29 is 5.11 Å². The summed E-state index contributed by atoms with van der Waals surface area (Å²) in [7, 11) is 1.83. The maximum absolute atomic E-state index is 12.3. The monoisotopic (exact) mass is 369 g/mol. The quantitative estimate of drug-likeness (QED) is 0.639. The summed E-state index contributed by atoms with van der Waals surface area (Å²) in [6.45, 7) is 0. The van der Waals surface area contributed by atoms with Crippen LogP contribution in [0.1, 0.15) is 23.6 Å². The lowest BCUT2D eigenvalue weighted by Gasteiger charge is -2.17. The van der Waals surface area contributed by atoms with Gasteiger partial charge in [-0.2, -0.15) is 5.10 Å². The van der Waals surface area contributed by atoms with Crippen LogP contribution in [0.3, 0.4) is 0 Å². The highest BCUT2D eigenvalue weighted by Crippen LogP contribution is 2.35. The molecule has 3 N–H and O–H groups in total. The smallest absolute Gasteiger partial charge is 0.310 e. The number of hydrogen-bond acceptors (Lipinski definition) is 7. The van der Waals surface area contributed by atoms with E-state index in [9.17, 15) is 14.7 Å². The maximum atomic E-state index is 12.3. The molecule has 1 aliphatic heterocycles. The number of aryl methyl sites for hydroxylation is 1. The summed E-state index contributed by atoms with van der Waals surface area (Å²) in [4.78, 5) is 29.9. The Morgan fingerprint density at radius 2 is 2.12 bits per heavy atom. The minimum absolute atomic E-state index is 0.0296. The molecule has 0 saturated heterocycles. The zero-order valence-corrected chi connectivity index (χ0v) is 14.6. The van der Waals surface area contributed by atoms with E-state index in [4.69, 9.17) is 0 Å². The molecule has 0 spiro atoms. The minimum atomic E-state index is -0.644. The molecular formula is C17H15N5O3S. The number of nitrogens with one attached hydrogen (secondary N) is 2. The number of aromatic amines is 1. The average Bonchev–Trinajstić information content (AvgIpc) is 2.92. The summed E-state index contributed by atoms with van der Waals surface area (Å²) < 4.78 is 1.70. The topological polar surface area (TPSA) is 112 Å². The molecule has 0 saturated carbocycles. The SMILES string of the molecule is Cn1cc([C@@H]2CC(c3c(O)sc(=O)[nH]c3=O)=Nc3ccccc3N2)cn1. The molecule has 0 radical (unpaired) electrons. The van der Waals surface area contributed by atoms with Crippen molar-refractivity contribution in [1.82, 2.24) is 14.8 Å². The van der Waals surface area contributed by atoms with Gasteiger partial charge in [0.15, 0.2) is 5.06 Å². The van der Waals surface area contributed by atoms with Gasteiger partial charge in [-0.05, 0) is 23.5 Å². The molecule has 1 atom stereocenters. The van der Waals surface area contributed by atoms with Crippen LogP contribution in [0.4, 0.5) is 11.4 Å². The van der Waals surface area contributed by atoms with Crippen molar-refractivity contribution >= 4 is 28.4 Å². The van der Waals surface area contributed by atoms with Gasteiger partial charge in [-0.25, -0.2) is 0 Å². The molecule has 8 nitrogen and oxygen atoms in total. The van der Waals surface area contributed by atoms with Gasteiger partial charge in [0.05, 0.1) is 29.3 Å². The predicted molar refractivity (Wildman–Crippen MR) is 99.7 cm³/mol. The Bertz CT molecular complexity index is 1130. The van der Waals surface area contributed by atoms with Crippen LogP contribution in [0.5, 0.6) is 5.06 Å². The van der Waals surface area contributed by atoms with Crippen LogP contribution in [0.2, 0.25) is 0 Å². The van der Waals surface area contributed by atoms with E-state index in [0.29, 0.717) is 29.2 Å². The molecule has 26 heavy (non-hydrogen) atoms. The highest BCUT2D eigenvalue weighted by atomic mass is 32.1. The zero-order chi connectivity index (χ0) is 18.3. The summed E-state index contributed by atoms with van der Waals surface area (Å²) in [6, 6.07) is 7.27. The van der Waals surface area contributed by atoms with E-state index in [1.54, 1.807) is 10.9 Å². The van der Waals surface area contributed by atoms with Crippen LogP contribution >= 0.6 is 11.3 Å². The van der Waals surface area contributed by atoms with Crippen LogP contribution in [0, 0.1) is 0 Å². The molecule has 4 rings (SSSR count). The summed E-state index contributed by atoms with van der Waals surface area (Å²) in [5, 5.41) is 17.5. The Kier molecular flexibility index (Phi) is 3.92. The van der Waals surface area contributed by atoms with Gasteiger partial charge in [-0.3, -0.25) is 24.2 Å². The lowest BCUT2D eigenvalue weighted by molar-refractivity contribution is 0.487. The summed E-state index contributed by atoms with van der Waals surface area (Å²) in [6.07, 6.45) is 3.98. The number of hydrogen-bond donors (Lipinski definition) is 3. The van der Waals surface area contributed by atoms with Crippen LogP contribution < -0.4 is 15.7 Å². The molecule has 9 heteroatoms. The van der Waals surface area contributed by atoms with E-state index in [-0.39, 0.29) is 16.7 Å². The van der Waals surface area contributed by atoms with Gasteiger partial charge < -0.3 is 10.4 Å². The first kappa shape index (κ1) is 16.3. The highest BCUT2D eigenvalue weighted by Gasteiger charge is 2.25. The van der Waals surface area contributed by atoms with Gasteiger partial charge in [0.2, 0.25) is 0 Å². The van der Waals surface area contributed by atoms with Gasteiger partial charge in [0.1, 0.15) is 5.56 Å². The van der Waals surface area contributed by atoms with E-state index < -0.39 is 10.4 Å². The van der Waals surface area contributed by atoms with Crippen LogP contribution in [-0.4, -0.2) is 25.6 Å². The van der Waals surface area contributed by atoms with Crippen LogP contribution in [-0.2, 0) is 7.05 Å². The predicted octanol–water partition coefficient (Wildman–Crippen LogP) is 1.91. The summed E-state index contributed by atoms with van der Waals surface area (Å²) in [5.74, 6) is 0. The van der Waals surface area contributed by atoms with E-state index >= 15 is 0 Å². The van der Waals surface area contributed by atoms with Gasteiger partial charge in [-0.15, -0.1) is 0 Å². The molecule has 0 aliphatic carbocycles. The lowest BCUT2D eigenvalue weighted by atomic mass is 10.0. The first-order valence-electron chi connectivity index (χ1n) is 7.89. The standard InChI is InChI=1S/C17H15N5O3S/c1-22-8-9(7-18-22)12-6-13(14-15(23)21-17(25)26-16(14)24)20-11-5-3-2-4-10(11)19-12/h2-5,7-8,12,19,24H,6H2,1H3,(H,21,23,25)/t12-/m0/s1. The second-order valence-corrected chi connectivity index (χ2v) is 6.91. The minimum Gasteiger partial charge on any atom is -0.499 e. The third-order valence-corrected chi connectivity index (χ3v) is 4.83. The molecule has 132 valence electrons. The van der Waals surface area contributed by atoms with Crippen molar-refractivity contribution in [3.63, 3.8) is 0 Å². The van der Waals surface area contributed by atoms with E-state index in [1.165, 1.54) is 0 Å². The Morgan fingerprint density at radius 3 is 2.85 bits per heavy atom. The number of aromatic hydroxyl groups is 1. The Morgan fingerprint density at radius 1 is 1.31 bits per heavy atom. The number of aromatic nitrogens is 3. The number of aliphatic imine (C=N–C) groups is 1. The first-order chi connectivity index (χ1) is 12.5. The number of H-pyrrole nitrogens is 1. The first-order valence-corrected chi connectivity index (χ1v) is 8.71. The largest absolute Gasteiger partial charge is 0.499 e. The molecule has 0 fully saturated rings. The number of nitrogens with zero attached hydrogens (tertiary/aromatic N) is 3. The third kappa shape index (κ3) is 2.93. The van der Waals surface area contributed by atoms with Gasteiger partial charge in [-0.1, -0.05) is 12.1 Å². The van der Waals surface area contributed by atoms with Gasteiger partial charge >= 0.3 is 4.87 Å². The number of rotatable bonds is 2. The van der Waals surface area contributed by atoms with Gasteiger partial charge in [0, 0.05) is 25.2 Å². The van der Waals surface area contributed by atoms with Crippen molar-refractivity contribution in [1.29, 1.82) is 0 Å². The van der Waals surface area contributed by atoms with E-state index in [2.05, 4.69) is 20.4 Å². The maximum Gasteiger partial charge on any atom is 0.310 e. The fourth-order valence-electron chi connectivity index (χ4n) is 2.97. The summed E-state index contributed by atoms with van der Waals surface area (Å²) in [5.41, 5.74) is 2.19. The molecule has 0 amide bonds. The third-order valence-electron chi connectivity index (χ3n) is 4.15. The van der Waals surface area contributed by atoms with E-state index in [1.807, 2.05) is 37.5 Å². The molecule has 1 aromatic carbocycles. The zero-order valence-electron chi connectivity index (χ0n) is 13.8. The molecular weight excluding hydrogens is 354 g/mol. The van der Waals surface area contributed by atoms with Crippen molar-refractivity contribution in [2.45, 2.75) is 12.5 Å². The second-order valence-electron chi connectivity index (χ2n) is 5.95. The lowest BCUT2D eigenvalue weighted by Crippen LogP contribution is -2.25. The number of anilines is 1. The fourth-order valence-corrected chi connectivity index (χ4v) is 3.60. The van der Waals surface area contributed by atoms with Crippen LogP contribution in [0.15, 0.2) is 51.2 Å². The van der Waals surface area contributed by atoms with Crippen molar-refractivity contribution in [2.24, 2.45) is 12.0 Å². The Balaban J connectivity index is 1.89. The number of para-hydroxylation sites is 2. The summed E-state index contributed by atoms with van der Waals surface area (Å²) >= 11 is 0.583. The second kappa shape index (κ2) is 6.26. The molecule has 0 unspecified atom stereocenters.